The second kappa shape index (κ2) is 5.30. The number of hydrogen-bond donors (Lipinski definition) is 1. The Bertz CT molecular complexity index is 450. The zero-order valence-corrected chi connectivity index (χ0v) is 13.8. The van der Waals surface area contributed by atoms with Crippen LogP contribution in [-0.4, -0.2) is 23.0 Å². The van der Waals surface area contributed by atoms with Gasteiger partial charge in [-0.15, -0.1) is 11.3 Å². The summed E-state index contributed by atoms with van der Waals surface area (Å²) in [5, 5.41) is 0. The largest absolute Gasteiger partial charge is 0.250 e. The van der Waals surface area contributed by atoms with Gasteiger partial charge in [-0.05, 0) is 34.1 Å². The zero-order chi connectivity index (χ0) is 12.4. The Morgan fingerprint density at radius 3 is 2.44 bits per heavy atom. The van der Waals surface area contributed by atoms with E-state index >= 15 is 0 Å². The fraction of sp³-hybridized carbons (Fsp3) is 0.556. The zero-order valence-electron chi connectivity index (χ0n) is 9.58. The first kappa shape index (κ1) is 14.4. The molecule has 7 heteroatoms. The van der Waals surface area contributed by atoms with Crippen molar-refractivity contribution in [3.8, 4) is 0 Å². The van der Waals surface area contributed by atoms with Gasteiger partial charge in [0.2, 0.25) is 10.0 Å². The molecule has 1 heterocycles. The first-order chi connectivity index (χ1) is 7.21. The molecule has 1 rings (SSSR count). The highest BCUT2D eigenvalue weighted by Gasteiger charge is 2.18. The first-order valence-electron chi connectivity index (χ1n) is 4.96. The molecule has 0 aliphatic carbocycles. The maximum Gasteiger partial charge on any atom is 0.250 e. The normalized spacial score (nSPS) is 13.0. The molecule has 0 bridgehead atoms. The summed E-state index contributed by atoms with van der Waals surface area (Å²) in [6, 6.07) is 4.32. The summed E-state index contributed by atoms with van der Waals surface area (Å²) in [5.74, 6) is 0. The minimum atomic E-state index is -3.30. The fourth-order valence-corrected chi connectivity index (χ4v) is 5.22. The molecule has 0 atom stereocenters. The Morgan fingerprint density at radius 1 is 1.38 bits per heavy atom. The van der Waals surface area contributed by atoms with Gasteiger partial charge in [-0.25, -0.2) is 13.1 Å². The third-order valence-electron chi connectivity index (χ3n) is 1.98. The lowest BCUT2D eigenvalue weighted by atomic mass is 10.7. The van der Waals surface area contributed by atoms with Crippen LogP contribution < -0.4 is 4.72 Å². The van der Waals surface area contributed by atoms with Crippen molar-refractivity contribution in [3.63, 3.8) is 0 Å². The molecule has 0 saturated carbocycles. The molecule has 0 aromatic carbocycles. The molecule has 3 nitrogen and oxygen atoms in total. The van der Waals surface area contributed by atoms with Crippen molar-refractivity contribution < 1.29 is 8.42 Å². The number of sulfonamides is 1. The highest BCUT2D eigenvalue weighted by Crippen LogP contribution is 2.25. The average molecular weight is 342 g/mol. The summed E-state index contributed by atoms with van der Waals surface area (Å²) in [6.45, 7) is 7.21. The number of halogens is 1. The molecule has 92 valence electrons. The third kappa shape index (κ3) is 4.66. The molecule has 0 aliphatic heterocycles. The predicted octanol–water partition coefficient (Wildman–Crippen LogP) is 3.13. The SMILES string of the molecule is C[Si](C)(C)CCNS(=O)(=O)c1ccc(Br)s1. The fourth-order valence-electron chi connectivity index (χ4n) is 1.07. The van der Waals surface area contributed by atoms with Gasteiger partial charge < -0.3 is 0 Å². The number of rotatable bonds is 5. The lowest BCUT2D eigenvalue weighted by molar-refractivity contribution is 0.586. The van der Waals surface area contributed by atoms with Gasteiger partial charge >= 0.3 is 0 Å². The van der Waals surface area contributed by atoms with E-state index in [0.29, 0.717) is 10.8 Å². The summed E-state index contributed by atoms with van der Waals surface area (Å²) >= 11 is 4.49. The van der Waals surface area contributed by atoms with Gasteiger partial charge in [-0.1, -0.05) is 19.6 Å². The van der Waals surface area contributed by atoms with E-state index in [1.807, 2.05) is 0 Å². The van der Waals surface area contributed by atoms with Crippen LogP contribution in [0.3, 0.4) is 0 Å². The van der Waals surface area contributed by atoms with Crippen molar-refractivity contribution in [1.82, 2.24) is 4.72 Å². The van der Waals surface area contributed by atoms with E-state index in [-0.39, 0.29) is 0 Å². The maximum atomic E-state index is 11.8. The van der Waals surface area contributed by atoms with Gasteiger partial charge in [-0.2, -0.15) is 0 Å². The van der Waals surface area contributed by atoms with E-state index in [0.717, 1.165) is 9.83 Å². The van der Waals surface area contributed by atoms with Crippen LogP contribution >= 0.6 is 27.3 Å². The van der Waals surface area contributed by atoms with Crippen LogP contribution in [0.4, 0.5) is 0 Å². The first-order valence-corrected chi connectivity index (χ1v) is 11.8. The van der Waals surface area contributed by atoms with Crippen molar-refractivity contribution in [2.45, 2.75) is 29.9 Å². The topological polar surface area (TPSA) is 46.2 Å². The van der Waals surface area contributed by atoms with Gasteiger partial charge in [0.25, 0.3) is 0 Å². The van der Waals surface area contributed by atoms with E-state index in [1.165, 1.54) is 11.3 Å². The Labute approximate surface area is 110 Å². The number of thiophene rings is 1. The molecule has 0 unspecified atom stereocenters. The molecule has 0 fully saturated rings. The Hall–Kier alpha value is 0.307. The second-order valence-corrected chi connectivity index (χ2v) is 14.8. The van der Waals surface area contributed by atoms with Crippen molar-refractivity contribution in [1.29, 1.82) is 0 Å². The van der Waals surface area contributed by atoms with Gasteiger partial charge in [0.1, 0.15) is 4.21 Å². The maximum absolute atomic E-state index is 11.8. The minimum absolute atomic E-state index is 0.370. The smallest absolute Gasteiger partial charge is 0.211 e. The summed E-state index contributed by atoms with van der Waals surface area (Å²) in [5.41, 5.74) is 0. The molecular formula is C9H16BrNO2S2Si. The predicted molar refractivity (Wildman–Crippen MR) is 75.4 cm³/mol. The van der Waals surface area contributed by atoms with E-state index < -0.39 is 18.1 Å². The molecule has 0 radical (unpaired) electrons. The van der Waals surface area contributed by atoms with Crippen LogP contribution in [0.25, 0.3) is 0 Å². The van der Waals surface area contributed by atoms with E-state index in [2.05, 4.69) is 40.3 Å². The quantitative estimate of drug-likeness (QED) is 0.836. The molecule has 0 amide bonds. The molecular weight excluding hydrogens is 326 g/mol. The van der Waals surface area contributed by atoms with Crippen LogP contribution in [-0.2, 0) is 10.0 Å². The molecule has 0 aliphatic rings. The summed E-state index contributed by atoms with van der Waals surface area (Å²) in [7, 11) is -4.49. The van der Waals surface area contributed by atoms with Gasteiger partial charge in [0.15, 0.2) is 0 Å². The molecule has 1 N–H and O–H groups in total. The monoisotopic (exact) mass is 341 g/mol. The van der Waals surface area contributed by atoms with E-state index in [9.17, 15) is 8.42 Å². The van der Waals surface area contributed by atoms with Gasteiger partial charge in [-0.3, -0.25) is 0 Å². The van der Waals surface area contributed by atoms with Gasteiger partial charge in [0, 0.05) is 14.6 Å². The highest BCUT2D eigenvalue weighted by atomic mass is 79.9. The van der Waals surface area contributed by atoms with Crippen molar-refractivity contribution in [2.75, 3.05) is 6.54 Å². The average Bonchev–Trinajstić information content (AvgIpc) is 2.49. The molecule has 1 aromatic rings. The van der Waals surface area contributed by atoms with Crippen LogP contribution in [0.15, 0.2) is 20.1 Å². The Morgan fingerprint density at radius 2 is 2.00 bits per heavy atom. The summed E-state index contributed by atoms with van der Waals surface area (Å²) in [4.78, 5) is 0. The van der Waals surface area contributed by atoms with Crippen LogP contribution in [0.5, 0.6) is 0 Å². The standard InChI is InChI=1S/C9H16BrNO2S2Si/c1-16(2,3)7-6-11-15(12,13)9-5-4-8(10)14-9/h4-5,11H,6-7H2,1-3H3. The third-order valence-corrected chi connectivity index (χ3v) is 7.31. The van der Waals surface area contributed by atoms with E-state index in [4.69, 9.17) is 0 Å². The molecule has 1 aromatic heterocycles. The summed E-state index contributed by atoms with van der Waals surface area (Å²) < 4.78 is 27.5. The lowest BCUT2D eigenvalue weighted by Gasteiger charge is -2.15. The van der Waals surface area contributed by atoms with Gasteiger partial charge in [0.05, 0.1) is 3.79 Å². The van der Waals surface area contributed by atoms with Crippen LogP contribution in [0.1, 0.15) is 0 Å². The molecule has 0 spiro atoms. The van der Waals surface area contributed by atoms with Crippen molar-refractivity contribution >= 4 is 45.4 Å². The Balaban J connectivity index is 2.60. The number of hydrogen-bond acceptors (Lipinski definition) is 3. The van der Waals surface area contributed by atoms with Crippen LogP contribution in [0, 0.1) is 0 Å². The van der Waals surface area contributed by atoms with Crippen molar-refractivity contribution in [2.24, 2.45) is 0 Å². The van der Waals surface area contributed by atoms with Crippen molar-refractivity contribution in [3.05, 3.63) is 15.9 Å². The van der Waals surface area contributed by atoms with Crippen LogP contribution in [0.2, 0.25) is 25.7 Å². The number of nitrogens with one attached hydrogen (secondary N) is 1. The second-order valence-electron chi connectivity index (χ2n) is 4.77. The molecule has 0 saturated heterocycles. The van der Waals surface area contributed by atoms with E-state index in [1.54, 1.807) is 12.1 Å². The lowest BCUT2D eigenvalue weighted by Crippen LogP contribution is -2.30. The highest BCUT2D eigenvalue weighted by molar-refractivity contribution is 9.11. The Kier molecular flexibility index (Phi) is 4.76. The molecule has 16 heavy (non-hydrogen) atoms. The minimum Gasteiger partial charge on any atom is -0.211 e. The summed E-state index contributed by atoms with van der Waals surface area (Å²) in [6.07, 6.45) is 0.